The zero-order valence-corrected chi connectivity index (χ0v) is 13.3. The van der Waals surface area contributed by atoms with Gasteiger partial charge in [-0.15, -0.1) is 0 Å². The molecule has 0 bridgehead atoms. The van der Waals surface area contributed by atoms with Crippen LogP contribution in [0.15, 0.2) is 12.2 Å². The van der Waals surface area contributed by atoms with Crippen molar-refractivity contribution in [2.45, 2.75) is 96.8 Å². The maximum atomic E-state index is 5.46. The molecule has 0 fully saturated rings. The lowest BCUT2D eigenvalue weighted by Gasteiger charge is -2.00. The maximum Gasteiger partial charge on any atom is -0.00773 e. The molecule has 0 atom stereocenters. The molecule has 0 radical (unpaired) electrons. The van der Waals surface area contributed by atoms with E-state index in [0.29, 0.717) is 0 Å². The van der Waals surface area contributed by atoms with Crippen LogP contribution in [0.2, 0.25) is 0 Å². The van der Waals surface area contributed by atoms with Gasteiger partial charge in [-0.05, 0) is 38.6 Å². The summed E-state index contributed by atoms with van der Waals surface area (Å²) in [5.41, 5.74) is 5.46. The van der Waals surface area contributed by atoms with Crippen molar-refractivity contribution >= 4 is 0 Å². The number of rotatable bonds is 15. The van der Waals surface area contributed by atoms with Gasteiger partial charge in [-0.1, -0.05) is 76.9 Å². The molecule has 0 aromatic carbocycles. The summed E-state index contributed by atoms with van der Waals surface area (Å²) in [7, 11) is 0. The molecule has 0 aromatic heterocycles. The van der Waals surface area contributed by atoms with Gasteiger partial charge < -0.3 is 5.73 Å². The Morgan fingerprint density at radius 2 is 1.00 bits per heavy atom. The van der Waals surface area contributed by atoms with Crippen LogP contribution < -0.4 is 5.73 Å². The second kappa shape index (κ2) is 17.7. The van der Waals surface area contributed by atoms with E-state index < -0.39 is 0 Å². The number of hydrogen-bond donors (Lipinski definition) is 1. The molecule has 0 amide bonds. The van der Waals surface area contributed by atoms with Crippen molar-refractivity contribution < 1.29 is 0 Å². The lowest BCUT2D eigenvalue weighted by Crippen LogP contribution is -1.97. The van der Waals surface area contributed by atoms with Crippen molar-refractivity contribution in [3.63, 3.8) is 0 Å². The molecule has 0 aliphatic heterocycles. The van der Waals surface area contributed by atoms with Gasteiger partial charge in [0.15, 0.2) is 0 Å². The fraction of sp³-hybridized carbons (Fsp3) is 0.889. The van der Waals surface area contributed by atoms with Crippen molar-refractivity contribution in [2.75, 3.05) is 6.54 Å². The monoisotopic (exact) mass is 267 g/mol. The van der Waals surface area contributed by atoms with Gasteiger partial charge in [0.05, 0.1) is 0 Å². The van der Waals surface area contributed by atoms with Gasteiger partial charge in [-0.25, -0.2) is 0 Å². The fourth-order valence-electron chi connectivity index (χ4n) is 2.39. The highest BCUT2D eigenvalue weighted by molar-refractivity contribution is 4.81. The summed E-state index contributed by atoms with van der Waals surface area (Å²) in [4.78, 5) is 0. The van der Waals surface area contributed by atoms with Crippen LogP contribution in [0, 0.1) is 0 Å². The van der Waals surface area contributed by atoms with Crippen molar-refractivity contribution in [3.8, 4) is 0 Å². The molecule has 1 heteroatoms. The summed E-state index contributed by atoms with van der Waals surface area (Å²) in [5.74, 6) is 0. The first kappa shape index (κ1) is 18.7. The standard InChI is InChI=1S/C18H37N/c1-2-3-4-5-6-7-8-9-10-11-12-13-14-15-16-17-18-19/h12-13H,2-11,14-19H2,1H3. The Balaban J connectivity index is 2.99. The highest BCUT2D eigenvalue weighted by atomic mass is 14.5. The van der Waals surface area contributed by atoms with E-state index in [-0.39, 0.29) is 0 Å². The van der Waals surface area contributed by atoms with Gasteiger partial charge in [0.25, 0.3) is 0 Å². The van der Waals surface area contributed by atoms with Crippen LogP contribution >= 0.6 is 0 Å². The maximum absolute atomic E-state index is 5.46. The molecule has 0 heterocycles. The molecule has 0 saturated heterocycles. The average Bonchev–Trinajstić information content (AvgIpc) is 2.43. The molecular weight excluding hydrogens is 230 g/mol. The Kier molecular flexibility index (Phi) is 17.4. The minimum Gasteiger partial charge on any atom is -0.330 e. The van der Waals surface area contributed by atoms with E-state index in [9.17, 15) is 0 Å². The number of unbranched alkanes of at least 4 members (excludes halogenated alkanes) is 12. The van der Waals surface area contributed by atoms with E-state index in [1.807, 2.05) is 0 Å². The highest BCUT2D eigenvalue weighted by Crippen LogP contribution is 2.10. The lowest BCUT2D eigenvalue weighted by molar-refractivity contribution is 0.566. The van der Waals surface area contributed by atoms with Gasteiger partial charge in [0.1, 0.15) is 0 Å². The van der Waals surface area contributed by atoms with Crippen LogP contribution in [0.3, 0.4) is 0 Å². The highest BCUT2D eigenvalue weighted by Gasteiger charge is 1.91. The van der Waals surface area contributed by atoms with Crippen molar-refractivity contribution in [3.05, 3.63) is 12.2 Å². The molecule has 0 saturated carbocycles. The zero-order chi connectivity index (χ0) is 14.0. The predicted octanol–water partition coefficient (Wildman–Crippen LogP) is 5.98. The molecule has 0 rings (SSSR count). The third kappa shape index (κ3) is 17.7. The molecule has 114 valence electrons. The summed E-state index contributed by atoms with van der Waals surface area (Å²) in [5, 5.41) is 0. The molecule has 0 aliphatic rings. The number of hydrogen-bond acceptors (Lipinski definition) is 1. The SMILES string of the molecule is CCCCCCCCCCCC=CCCCCCN. The van der Waals surface area contributed by atoms with Gasteiger partial charge in [0, 0.05) is 0 Å². The second-order valence-electron chi connectivity index (χ2n) is 5.73. The molecular formula is C18H37N. The summed E-state index contributed by atoms with van der Waals surface area (Å²) in [6.45, 7) is 3.13. The summed E-state index contributed by atoms with van der Waals surface area (Å²) in [6, 6.07) is 0. The molecule has 19 heavy (non-hydrogen) atoms. The Morgan fingerprint density at radius 3 is 1.47 bits per heavy atom. The Hall–Kier alpha value is -0.300. The van der Waals surface area contributed by atoms with Crippen LogP contribution in [0.1, 0.15) is 96.8 Å². The third-order valence-electron chi connectivity index (χ3n) is 3.72. The summed E-state index contributed by atoms with van der Waals surface area (Å²) in [6.07, 6.45) is 23.9. The lowest BCUT2D eigenvalue weighted by atomic mass is 10.1. The van der Waals surface area contributed by atoms with E-state index in [2.05, 4.69) is 19.1 Å². The topological polar surface area (TPSA) is 26.0 Å². The molecule has 1 nitrogen and oxygen atoms in total. The molecule has 2 N–H and O–H groups in total. The van der Waals surface area contributed by atoms with Crippen molar-refractivity contribution in [1.82, 2.24) is 0 Å². The van der Waals surface area contributed by atoms with Crippen LogP contribution in [-0.4, -0.2) is 6.54 Å². The van der Waals surface area contributed by atoms with Gasteiger partial charge in [-0.3, -0.25) is 0 Å². The minimum absolute atomic E-state index is 0.849. The Bertz CT molecular complexity index is 175. The number of allylic oxidation sites excluding steroid dienone is 2. The minimum atomic E-state index is 0.849. The van der Waals surface area contributed by atoms with Crippen LogP contribution in [0.25, 0.3) is 0 Å². The summed E-state index contributed by atoms with van der Waals surface area (Å²) < 4.78 is 0. The molecule has 0 spiro atoms. The van der Waals surface area contributed by atoms with E-state index >= 15 is 0 Å². The predicted molar refractivity (Wildman–Crippen MR) is 88.5 cm³/mol. The first-order chi connectivity index (χ1) is 9.41. The molecule has 0 aromatic rings. The van der Waals surface area contributed by atoms with Crippen LogP contribution in [-0.2, 0) is 0 Å². The van der Waals surface area contributed by atoms with E-state index in [0.717, 1.165) is 6.54 Å². The first-order valence-corrected chi connectivity index (χ1v) is 8.77. The quantitative estimate of drug-likeness (QED) is 0.286. The third-order valence-corrected chi connectivity index (χ3v) is 3.72. The largest absolute Gasteiger partial charge is 0.330 e. The zero-order valence-electron chi connectivity index (χ0n) is 13.3. The van der Waals surface area contributed by atoms with Crippen molar-refractivity contribution in [2.24, 2.45) is 5.73 Å². The van der Waals surface area contributed by atoms with Crippen molar-refractivity contribution in [1.29, 1.82) is 0 Å². The van der Waals surface area contributed by atoms with Gasteiger partial charge >= 0.3 is 0 Å². The normalized spacial score (nSPS) is 11.5. The first-order valence-electron chi connectivity index (χ1n) is 8.77. The molecule has 0 aliphatic carbocycles. The van der Waals surface area contributed by atoms with E-state index in [1.54, 1.807) is 0 Å². The van der Waals surface area contributed by atoms with E-state index in [4.69, 9.17) is 5.73 Å². The summed E-state index contributed by atoms with van der Waals surface area (Å²) >= 11 is 0. The fourth-order valence-corrected chi connectivity index (χ4v) is 2.39. The second-order valence-corrected chi connectivity index (χ2v) is 5.73. The number of nitrogens with two attached hydrogens (primary N) is 1. The van der Waals surface area contributed by atoms with Crippen LogP contribution in [0.5, 0.6) is 0 Å². The Labute approximate surface area is 122 Å². The average molecular weight is 268 g/mol. The van der Waals surface area contributed by atoms with Gasteiger partial charge in [-0.2, -0.15) is 0 Å². The Morgan fingerprint density at radius 1 is 0.579 bits per heavy atom. The van der Waals surface area contributed by atoms with Crippen LogP contribution in [0.4, 0.5) is 0 Å². The van der Waals surface area contributed by atoms with E-state index in [1.165, 1.54) is 89.9 Å². The molecule has 0 unspecified atom stereocenters. The smallest absolute Gasteiger partial charge is 0.00773 e. The van der Waals surface area contributed by atoms with Gasteiger partial charge in [0.2, 0.25) is 0 Å².